The van der Waals surface area contributed by atoms with Crippen LogP contribution in [0.1, 0.15) is 155 Å². The smallest absolute Gasteiger partial charge is 0.306 e. The van der Waals surface area contributed by atoms with Crippen molar-refractivity contribution in [1.29, 1.82) is 0 Å². The lowest BCUT2D eigenvalue weighted by Crippen LogP contribution is -2.28. The second kappa shape index (κ2) is 33.4. The van der Waals surface area contributed by atoms with Crippen molar-refractivity contribution in [3.8, 4) is 0 Å². The molecule has 0 unspecified atom stereocenters. The van der Waals surface area contributed by atoms with Crippen LogP contribution in [0.4, 0.5) is 0 Å². The minimum absolute atomic E-state index is 0.0792. The molecule has 0 aliphatic carbocycles. The average molecular weight is 589 g/mol. The maximum Gasteiger partial charge on any atom is 0.306 e. The van der Waals surface area contributed by atoms with Gasteiger partial charge in [-0.3, -0.25) is 9.59 Å². The largest absolute Gasteiger partial charge is 0.462 e. The Morgan fingerprint density at radius 3 is 1.57 bits per heavy atom. The number of rotatable bonds is 30. The number of carbonyl (C=O) groups is 2. The van der Waals surface area contributed by atoms with E-state index < -0.39 is 6.10 Å². The van der Waals surface area contributed by atoms with E-state index in [9.17, 15) is 14.7 Å². The summed E-state index contributed by atoms with van der Waals surface area (Å²) >= 11 is 0. The number of ether oxygens (including phenoxy) is 2. The lowest BCUT2D eigenvalue weighted by molar-refractivity contribution is -0.161. The van der Waals surface area contributed by atoms with Crippen LogP contribution in [-0.2, 0) is 19.1 Å². The van der Waals surface area contributed by atoms with Crippen molar-refractivity contribution >= 4 is 11.9 Å². The molecule has 0 saturated heterocycles. The van der Waals surface area contributed by atoms with Gasteiger partial charge in [0.15, 0.2) is 6.10 Å². The van der Waals surface area contributed by atoms with Crippen LogP contribution in [0.2, 0.25) is 0 Å². The molecule has 5 nitrogen and oxygen atoms in total. The maximum absolute atomic E-state index is 12.1. The summed E-state index contributed by atoms with van der Waals surface area (Å²) in [7, 11) is 0. The van der Waals surface area contributed by atoms with Crippen molar-refractivity contribution in [2.24, 2.45) is 0 Å². The molecular weight excluding hydrogens is 524 g/mol. The Labute approximate surface area is 258 Å². The number of hydrogen-bond donors (Lipinski definition) is 1. The molecule has 5 heteroatoms. The van der Waals surface area contributed by atoms with E-state index in [1.54, 1.807) is 0 Å². The first-order valence-corrected chi connectivity index (χ1v) is 17.2. The lowest BCUT2D eigenvalue weighted by Gasteiger charge is -2.15. The van der Waals surface area contributed by atoms with Crippen molar-refractivity contribution in [3.63, 3.8) is 0 Å². The van der Waals surface area contributed by atoms with E-state index in [4.69, 9.17) is 9.47 Å². The fourth-order valence-corrected chi connectivity index (χ4v) is 4.50. The van der Waals surface area contributed by atoms with Crippen LogP contribution < -0.4 is 0 Å². The van der Waals surface area contributed by atoms with Crippen LogP contribution in [0.5, 0.6) is 0 Å². The Balaban J connectivity index is 3.64. The first kappa shape index (κ1) is 39.9. The van der Waals surface area contributed by atoms with Gasteiger partial charge in [0, 0.05) is 12.8 Å². The molecule has 0 aliphatic heterocycles. The summed E-state index contributed by atoms with van der Waals surface area (Å²) in [6.45, 7) is 3.97. The molecule has 0 fully saturated rings. The predicted octanol–water partition coefficient (Wildman–Crippen LogP) is 10.3. The molecule has 0 spiro atoms. The summed E-state index contributed by atoms with van der Waals surface area (Å²) in [5, 5.41) is 9.50. The molecule has 0 aromatic rings. The molecule has 42 heavy (non-hydrogen) atoms. The maximum atomic E-state index is 12.1. The number of allylic oxidation sites excluding steroid dienone is 8. The monoisotopic (exact) mass is 588 g/mol. The standard InChI is InChI=1S/C37H64O5/c1-3-5-7-9-11-13-15-17-18-20-21-23-25-27-29-31-36(39)41-34-35(33-38)42-37(40)32-30-28-26-24-22-19-16-14-12-10-8-6-4-2/h5,7,11,13-14,16-18,35,38H,3-4,6,8-10,12,15,19-34H2,1-2H3/t35-/m0/s1. The van der Waals surface area contributed by atoms with Gasteiger partial charge in [0.2, 0.25) is 0 Å². The zero-order chi connectivity index (χ0) is 30.8. The van der Waals surface area contributed by atoms with Gasteiger partial charge >= 0.3 is 11.9 Å². The third-order valence-corrected chi connectivity index (χ3v) is 7.11. The van der Waals surface area contributed by atoms with Gasteiger partial charge in [0.25, 0.3) is 0 Å². The van der Waals surface area contributed by atoms with Crippen LogP contribution in [0.3, 0.4) is 0 Å². The molecule has 1 N–H and O–H groups in total. The van der Waals surface area contributed by atoms with Gasteiger partial charge in [-0.2, -0.15) is 0 Å². The SMILES string of the molecule is CCC=CCC=CCC=CCCCCCCCC(=O)OC[C@H](CO)OC(=O)CCCCCCCC=CCCCCCC. The van der Waals surface area contributed by atoms with Crippen LogP contribution >= 0.6 is 0 Å². The van der Waals surface area contributed by atoms with E-state index >= 15 is 0 Å². The number of unbranched alkanes of at least 4 members (excludes halogenated alkanes) is 14. The van der Waals surface area contributed by atoms with Gasteiger partial charge in [-0.15, -0.1) is 0 Å². The third-order valence-electron chi connectivity index (χ3n) is 7.11. The van der Waals surface area contributed by atoms with E-state index in [0.717, 1.165) is 77.0 Å². The highest BCUT2D eigenvalue weighted by atomic mass is 16.6. The summed E-state index contributed by atoms with van der Waals surface area (Å²) in [4.78, 5) is 24.1. The molecule has 242 valence electrons. The van der Waals surface area contributed by atoms with Crippen molar-refractivity contribution in [2.75, 3.05) is 13.2 Å². The van der Waals surface area contributed by atoms with Gasteiger partial charge in [0.05, 0.1) is 6.61 Å². The second-order valence-electron chi connectivity index (χ2n) is 11.2. The molecule has 0 rings (SSSR count). The highest BCUT2D eigenvalue weighted by Crippen LogP contribution is 2.11. The third kappa shape index (κ3) is 30.8. The highest BCUT2D eigenvalue weighted by Gasteiger charge is 2.16. The van der Waals surface area contributed by atoms with Crippen molar-refractivity contribution < 1.29 is 24.2 Å². The quantitative estimate of drug-likeness (QED) is 0.0513. The van der Waals surface area contributed by atoms with Crippen molar-refractivity contribution in [3.05, 3.63) is 48.6 Å². The first-order valence-electron chi connectivity index (χ1n) is 17.2. The van der Waals surface area contributed by atoms with E-state index in [1.165, 1.54) is 51.4 Å². The summed E-state index contributed by atoms with van der Waals surface area (Å²) in [5.74, 6) is -0.626. The van der Waals surface area contributed by atoms with E-state index in [1.807, 2.05) is 0 Å². The predicted molar refractivity (Wildman–Crippen MR) is 177 cm³/mol. The van der Waals surface area contributed by atoms with E-state index in [2.05, 4.69) is 62.5 Å². The number of hydrogen-bond acceptors (Lipinski definition) is 5. The fraction of sp³-hybridized carbons (Fsp3) is 0.730. The van der Waals surface area contributed by atoms with Crippen LogP contribution in [0.15, 0.2) is 48.6 Å². The number of aliphatic hydroxyl groups excluding tert-OH is 1. The van der Waals surface area contributed by atoms with Crippen LogP contribution in [-0.4, -0.2) is 36.4 Å². The topological polar surface area (TPSA) is 72.8 Å². The zero-order valence-electron chi connectivity index (χ0n) is 27.2. The Kier molecular flexibility index (Phi) is 31.7. The van der Waals surface area contributed by atoms with Crippen LogP contribution in [0, 0.1) is 0 Å². The summed E-state index contributed by atoms with van der Waals surface area (Å²) in [6, 6.07) is 0. The second-order valence-corrected chi connectivity index (χ2v) is 11.2. The zero-order valence-corrected chi connectivity index (χ0v) is 27.2. The Morgan fingerprint density at radius 2 is 1.02 bits per heavy atom. The highest BCUT2D eigenvalue weighted by molar-refractivity contribution is 5.70. The Morgan fingerprint density at radius 1 is 0.571 bits per heavy atom. The summed E-state index contributed by atoms with van der Waals surface area (Å²) < 4.78 is 10.5. The van der Waals surface area contributed by atoms with Gasteiger partial charge < -0.3 is 14.6 Å². The molecule has 0 amide bonds. The van der Waals surface area contributed by atoms with Crippen LogP contribution in [0.25, 0.3) is 0 Å². The number of aliphatic hydroxyl groups is 1. The Bertz CT molecular complexity index is 722. The first-order chi connectivity index (χ1) is 20.6. The molecule has 1 atom stereocenters. The molecule has 0 aliphatic rings. The minimum atomic E-state index is -0.781. The van der Waals surface area contributed by atoms with Crippen molar-refractivity contribution in [2.45, 2.75) is 161 Å². The van der Waals surface area contributed by atoms with E-state index in [0.29, 0.717) is 12.8 Å². The molecule has 0 radical (unpaired) electrons. The molecule has 0 bridgehead atoms. The minimum Gasteiger partial charge on any atom is -0.462 e. The van der Waals surface area contributed by atoms with Gasteiger partial charge in [-0.1, -0.05) is 120 Å². The van der Waals surface area contributed by atoms with Gasteiger partial charge in [-0.05, 0) is 70.6 Å². The van der Waals surface area contributed by atoms with Gasteiger partial charge in [-0.25, -0.2) is 0 Å². The number of esters is 2. The average Bonchev–Trinajstić information content (AvgIpc) is 2.99. The van der Waals surface area contributed by atoms with E-state index in [-0.39, 0.29) is 25.2 Å². The lowest BCUT2D eigenvalue weighted by atomic mass is 10.1. The van der Waals surface area contributed by atoms with Gasteiger partial charge in [0.1, 0.15) is 6.61 Å². The summed E-state index contributed by atoms with van der Waals surface area (Å²) in [5.41, 5.74) is 0. The Hall–Kier alpha value is -2.14. The number of carbonyl (C=O) groups excluding carboxylic acids is 2. The summed E-state index contributed by atoms with van der Waals surface area (Å²) in [6.07, 6.45) is 40.2. The van der Waals surface area contributed by atoms with Crippen molar-refractivity contribution in [1.82, 2.24) is 0 Å². The fourth-order valence-electron chi connectivity index (χ4n) is 4.50. The molecule has 0 aromatic heterocycles. The molecule has 0 aromatic carbocycles. The molecule has 0 saturated carbocycles. The molecule has 0 heterocycles. The normalized spacial score (nSPS) is 12.7. The molecular formula is C37H64O5.